The molecule has 194 valence electrons. The zero-order valence-electron chi connectivity index (χ0n) is 21.3. The number of amides is 2. The number of benzene rings is 4. The fourth-order valence-electron chi connectivity index (χ4n) is 5.03. The summed E-state index contributed by atoms with van der Waals surface area (Å²) in [5.74, 6) is 0.119. The van der Waals surface area contributed by atoms with Gasteiger partial charge in [-0.1, -0.05) is 72.8 Å². The van der Waals surface area contributed by atoms with E-state index in [0.717, 1.165) is 44.7 Å². The minimum absolute atomic E-state index is 0.152. The molecule has 1 fully saturated rings. The van der Waals surface area contributed by atoms with Gasteiger partial charge in [-0.3, -0.25) is 14.5 Å². The van der Waals surface area contributed by atoms with Gasteiger partial charge in [0.25, 0.3) is 11.1 Å². The highest BCUT2D eigenvalue weighted by Gasteiger charge is 2.35. The standard InChI is InChI=1S/C32H25FN2O3S/c1-21-26(25-13-5-7-15-28(25)35(21)20-23-10-3-6-14-27(23)33)19-30-31(36)34(32(37)39-30)17-18-38-29-16-8-11-22-9-2-4-12-24(22)29/h2-16,19H,17-18,20H2,1H3/b30-19-. The Labute approximate surface area is 229 Å². The van der Waals surface area contributed by atoms with Gasteiger partial charge in [-0.05, 0) is 48.3 Å². The molecule has 2 amide bonds. The molecule has 6 rings (SSSR count). The van der Waals surface area contributed by atoms with Gasteiger partial charge in [0.2, 0.25) is 0 Å². The third-order valence-corrected chi connectivity index (χ3v) is 7.94. The van der Waals surface area contributed by atoms with Gasteiger partial charge >= 0.3 is 0 Å². The number of rotatable bonds is 7. The summed E-state index contributed by atoms with van der Waals surface area (Å²) in [5.41, 5.74) is 3.26. The Bertz CT molecular complexity index is 1770. The lowest BCUT2D eigenvalue weighted by Gasteiger charge is -2.14. The van der Waals surface area contributed by atoms with Crippen LogP contribution in [-0.4, -0.2) is 33.8 Å². The lowest BCUT2D eigenvalue weighted by atomic mass is 10.1. The molecule has 0 saturated carbocycles. The summed E-state index contributed by atoms with van der Waals surface area (Å²) in [6, 6.07) is 28.3. The predicted molar refractivity (Wildman–Crippen MR) is 154 cm³/mol. The van der Waals surface area contributed by atoms with Crippen LogP contribution in [0.1, 0.15) is 16.8 Å². The molecule has 0 unspecified atom stereocenters. The van der Waals surface area contributed by atoms with Crippen molar-refractivity contribution in [1.29, 1.82) is 0 Å². The molecule has 0 bridgehead atoms. The highest BCUT2D eigenvalue weighted by Crippen LogP contribution is 2.36. The van der Waals surface area contributed by atoms with Crippen LogP contribution in [0, 0.1) is 12.7 Å². The Morgan fingerprint density at radius 2 is 1.59 bits per heavy atom. The lowest BCUT2D eigenvalue weighted by molar-refractivity contribution is -0.123. The normalized spacial score (nSPS) is 14.7. The van der Waals surface area contributed by atoms with Gasteiger partial charge in [-0.15, -0.1) is 0 Å². The van der Waals surface area contributed by atoms with Gasteiger partial charge in [0.15, 0.2) is 0 Å². The van der Waals surface area contributed by atoms with E-state index >= 15 is 0 Å². The van der Waals surface area contributed by atoms with E-state index in [0.29, 0.717) is 22.8 Å². The molecule has 4 aromatic carbocycles. The van der Waals surface area contributed by atoms with Gasteiger partial charge in [0, 0.05) is 33.1 Å². The van der Waals surface area contributed by atoms with Crippen molar-refractivity contribution in [2.45, 2.75) is 13.5 Å². The number of carbonyl (C=O) groups excluding carboxylic acids is 2. The number of carbonyl (C=O) groups is 2. The summed E-state index contributed by atoms with van der Waals surface area (Å²) < 4.78 is 22.5. The van der Waals surface area contributed by atoms with Crippen LogP contribution in [-0.2, 0) is 11.3 Å². The smallest absolute Gasteiger partial charge is 0.293 e. The summed E-state index contributed by atoms with van der Waals surface area (Å²) in [7, 11) is 0. The molecule has 7 heteroatoms. The van der Waals surface area contributed by atoms with Crippen LogP contribution in [0.15, 0.2) is 95.9 Å². The molecule has 1 aliphatic heterocycles. The van der Waals surface area contributed by atoms with Crippen molar-refractivity contribution in [3.05, 3.63) is 119 Å². The summed E-state index contributed by atoms with van der Waals surface area (Å²) in [5, 5.41) is 2.67. The maximum atomic E-state index is 14.4. The second-order valence-corrected chi connectivity index (χ2v) is 10.3. The van der Waals surface area contributed by atoms with E-state index in [1.54, 1.807) is 18.2 Å². The SMILES string of the molecule is Cc1c(/C=C2\SC(=O)N(CCOc3cccc4ccccc34)C2=O)c2ccccc2n1Cc1ccccc1F. The monoisotopic (exact) mass is 536 g/mol. The minimum atomic E-state index is -0.336. The molecule has 0 atom stereocenters. The molecule has 0 radical (unpaired) electrons. The third-order valence-electron chi connectivity index (χ3n) is 7.04. The van der Waals surface area contributed by atoms with Crippen molar-refractivity contribution in [1.82, 2.24) is 9.47 Å². The average molecular weight is 537 g/mol. The largest absolute Gasteiger partial charge is 0.491 e. The molecular formula is C32H25FN2O3S. The van der Waals surface area contributed by atoms with Crippen LogP contribution in [0.4, 0.5) is 9.18 Å². The second-order valence-electron chi connectivity index (χ2n) is 9.35. The number of halogens is 1. The van der Waals surface area contributed by atoms with Crippen molar-refractivity contribution in [2.24, 2.45) is 0 Å². The molecular weight excluding hydrogens is 511 g/mol. The Morgan fingerprint density at radius 1 is 0.872 bits per heavy atom. The zero-order valence-corrected chi connectivity index (χ0v) is 22.1. The molecule has 2 heterocycles. The van der Waals surface area contributed by atoms with Crippen molar-refractivity contribution in [2.75, 3.05) is 13.2 Å². The molecule has 39 heavy (non-hydrogen) atoms. The Morgan fingerprint density at radius 3 is 2.44 bits per heavy atom. The molecule has 1 aliphatic rings. The first-order valence-corrected chi connectivity index (χ1v) is 13.5. The maximum absolute atomic E-state index is 14.4. The first-order valence-electron chi connectivity index (χ1n) is 12.7. The molecule has 0 aliphatic carbocycles. The first-order chi connectivity index (χ1) is 19.0. The summed E-state index contributed by atoms with van der Waals surface area (Å²) in [6.45, 7) is 2.66. The number of imide groups is 1. The molecule has 1 saturated heterocycles. The molecule has 0 spiro atoms. The van der Waals surface area contributed by atoms with Gasteiger partial charge in [0.1, 0.15) is 18.2 Å². The summed E-state index contributed by atoms with van der Waals surface area (Å²) in [4.78, 5) is 27.7. The molecule has 1 aromatic heterocycles. The van der Waals surface area contributed by atoms with E-state index in [2.05, 4.69) is 0 Å². The number of para-hydroxylation sites is 1. The number of aromatic nitrogens is 1. The van der Waals surface area contributed by atoms with Crippen LogP contribution < -0.4 is 4.74 Å². The third kappa shape index (κ3) is 4.70. The second kappa shape index (κ2) is 10.4. The predicted octanol–water partition coefficient (Wildman–Crippen LogP) is 7.41. The van der Waals surface area contributed by atoms with E-state index in [1.165, 1.54) is 11.0 Å². The van der Waals surface area contributed by atoms with Crippen molar-refractivity contribution in [3.8, 4) is 5.75 Å². The maximum Gasteiger partial charge on any atom is 0.293 e. The van der Waals surface area contributed by atoms with Crippen molar-refractivity contribution >= 4 is 50.7 Å². The van der Waals surface area contributed by atoms with E-state index in [9.17, 15) is 14.0 Å². The van der Waals surface area contributed by atoms with E-state index in [-0.39, 0.29) is 30.1 Å². The number of ether oxygens (including phenoxy) is 1. The van der Waals surface area contributed by atoms with Crippen LogP contribution in [0.25, 0.3) is 27.8 Å². The summed E-state index contributed by atoms with van der Waals surface area (Å²) in [6.07, 6.45) is 1.78. The Balaban J connectivity index is 1.24. The van der Waals surface area contributed by atoms with Gasteiger partial charge in [-0.2, -0.15) is 0 Å². The highest BCUT2D eigenvalue weighted by atomic mass is 32.2. The first kappa shape index (κ1) is 24.9. The Kier molecular flexibility index (Phi) is 6.67. The van der Waals surface area contributed by atoms with Gasteiger partial charge in [0.05, 0.1) is 18.0 Å². The average Bonchev–Trinajstić information content (AvgIpc) is 3.37. The van der Waals surface area contributed by atoms with Crippen LogP contribution in [0.2, 0.25) is 0 Å². The topological polar surface area (TPSA) is 51.5 Å². The van der Waals surface area contributed by atoms with Gasteiger partial charge < -0.3 is 9.30 Å². The lowest BCUT2D eigenvalue weighted by Crippen LogP contribution is -2.32. The number of nitrogens with zero attached hydrogens (tertiary/aromatic N) is 2. The van der Waals surface area contributed by atoms with Crippen molar-refractivity contribution in [3.63, 3.8) is 0 Å². The van der Waals surface area contributed by atoms with E-state index < -0.39 is 0 Å². The quantitative estimate of drug-likeness (QED) is 0.203. The number of hydrogen-bond acceptors (Lipinski definition) is 4. The van der Waals surface area contributed by atoms with E-state index in [1.807, 2.05) is 84.3 Å². The van der Waals surface area contributed by atoms with Crippen LogP contribution in [0.5, 0.6) is 5.75 Å². The summed E-state index contributed by atoms with van der Waals surface area (Å²) >= 11 is 0.932. The van der Waals surface area contributed by atoms with Crippen LogP contribution in [0.3, 0.4) is 0 Å². The van der Waals surface area contributed by atoms with Crippen molar-refractivity contribution < 1.29 is 18.7 Å². The highest BCUT2D eigenvalue weighted by molar-refractivity contribution is 8.18. The zero-order chi connectivity index (χ0) is 26.9. The van der Waals surface area contributed by atoms with Gasteiger partial charge in [-0.25, -0.2) is 4.39 Å². The Hall–Kier alpha value is -4.36. The minimum Gasteiger partial charge on any atom is -0.491 e. The van der Waals surface area contributed by atoms with Crippen LogP contribution >= 0.6 is 11.8 Å². The molecule has 5 aromatic rings. The fraction of sp³-hybridized carbons (Fsp3) is 0.125. The van der Waals surface area contributed by atoms with E-state index in [4.69, 9.17) is 4.74 Å². The number of thioether (sulfide) groups is 1. The molecule has 5 nitrogen and oxygen atoms in total. The number of hydrogen-bond donors (Lipinski definition) is 0. The number of fused-ring (bicyclic) bond motifs is 2. The molecule has 0 N–H and O–H groups in total. The fourth-order valence-corrected chi connectivity index (χ4v) is 5.88.